The number of benzene rings is 2. The van der Waals surface area contributed by atoms with Crippen molar-refractivity contribution in [1.82, 2.24) is 15.3 Å². The molecule has 1 fully saturated rings. The van der Waals surface area contributed by atoms with Crippen molar-refractivity contribution in [2.45, 2.75) is 51.6 Å². The lowest BCUT2D eigenvalue weighted by atomic mass is 9.86. The Morgan fingerprint density at radius 3 is 2.52 bits per heavy atom. The lowest BCUT2D eigenvalue weighted by molar-refractivity contribution is 0.308. The van der Waals surface area contributed by atoms with Crippen molar-refractivity contribution in [3.8, 4) is 5.75 Å². The normalized spacial score (nSPS) is 18.3. The van der Waals surface area contributed by atoms with Gasteiger partial charge in [0, 0.05) is 37.6 Å². The molecule has 2 N–H and O–H groups in total. The maximum absolute atomic E-state index is 5.89. The van der Waals surface area contributed by atoms with Crippen LogP contribution < -0.4 is 20.3 Å². The number of hydrogen-bond donors (Lipinski definition) is 2. The summed E-state index contributed by atoms with van der Waals surface area (Å²) < 4.78 is 5.89. The largest absolute Gasteiger partial charge is 0.493 e. The number of nitrogens with zero attached hydrogens (tertiary/aromatic N) is 3. The average molecular weight is 448 g/mol. The van der Waals surface area contributed by atoms with Crippen LogP contribution in [0.5, 0.6) is 5.75 Å². The first-order valence-electron chi connectivity index (χ1n) is 12.3. The smallest absolute Gasteiger partial charge is 0.225 e. The Balaban J connectivity index is 1.27. The number of aromatic nitrogens is 2. The molecule has 0 aliphatic heterocycles. The van der Waals surface area contributed by atoms with E-state index in [9.17, 15) is 0 Å². The van der Waals surface area contributed by atoms with Gasteiger partial charge in [-0.15, -0.1) is 0 Å². The molecule has 0 spiro atoms. The first-order chi connectivity index (χ1) is 16.1. The maximum Gasteiger partial charge on any atom is 0.225 e. The fourth-order valence-electron chi connectivity index (χ4n) is 4.57. The Hall–Kier alpha value is -2.86. The van der Waals surface area contributed by atoms with E-state index in [1.54, 1.807) is 0 Å². The molecule has 0 amide bonds. The number of hydrogen-bond acceptors (Lipinski definition) is 6. The first-order valence-corrected chi connectivity index (χ1v) is 12.3. The average Bonchev–Trinajstić information content (AvgIpc) is 2.84. The van der Waals surface area contributed by atoms with Crippen molar-refractivity contribution >= 4 is 22.7 Å². The third-order valence-electron chi connectivity index (χ3n) is 6.37. The van der Waals surface area contributed by atoms with Crippen molar-refractivity contribution < 1.29 is 4.74 Å². The highest BCUT2D eigenvalue weighted by Gasteiger charge is 2.22. The van der Waals surface area contributed by atoms with Gasteiger partial charge < -0.3 is 20.3 Å². The van der Waals surface area contributed by atoms with Gasteiger partial charge in [-0.05, 0) is 62.8 Å². The van der Waals surface area contributed by atoms with Crippen molar-refractivity contribution in [3.05, 3.63) is 54.1 Å². The van der Waals surface area contributed by atoms with Gasteiger partial charge in [0.25, 0.3) is 0 Å². The van der Waals surface area contributed by atoms with Gasteiger partial charge >= 0.3 is 0 Å². The molecule has 6 nitrogen and oxygen atoms in total. The summed E-state index contributed by atoms with van der Waals surface area (Å²) in [6.45, 7) is 4.81. The second kappa shape index (κ2) is 11.3. The molecule has 1 heterocycles. The van der Waals surface area contributed by atoms with E-state index in [1.807, 2.05) is 32.3 Å². The van der Waals surface area contributed by atoms with Gasteiger partial charge in [0.1, 0.15) is 11.6 Å². The molecule has 176 valence electrons. The van der Waals surface area contributed by atoms with E-state index in [0.29, 0.717) is 12.0 Å². The summed E-state index contributed by atoms with van der Waals surface area (Å²) in [7, 11) is 4.07. The first kappa shape index (κ1) is 23.3. The zero-order chi connectivity index (χ0) is 23.0. The molecule has 1 aliphatic carbocycles. The molecule has 1 aromatic heterocycles. The van der Waals surface area contributed by atoms with Crippen molar-refractivity contribution in [1.29, 1.82) is 0 Å². The number of fused-ring (bicyclic) bond motifs is 1. The Morgan fingerprint density at radius 1 is 0.970 bits per heavy atom. The summed E-state index contributed by atoms with van der Waals surface area (Å²) in [6, 6.07) is 17.0. The molecule has 1 aliphatic rings. The van der Waals surface area contributed by atoms with Crippen molar-refractivity contribution in [2.75, 3.05) is 37.5 Å². The van der Waals surface area contributed by atoms with E-state index < -0.39 is 0 Å². The Kier molecular flexibility index (Phi) is 8.00. The lowest BCUT2D eigenvalue weighted by Crippen LogP contribution is -2.31. The molecule has 0 atom stereocenters. The van der Waals surface area contributed by atoms with Crippen LogP contribution in [0.4, 0.5) is 11.8 Å². The summed E-state index contributed by atoms with van der Waals surface area (Å²) >= 11 is 0. The molecular weight excluding hydrogens is 410 g/mol. The summed E-state index contributed by atoms with van der Waals surface area (Å²) in [5.41, 5.74) is 2.23. The van der Waals surface area contributed by atoms with E-state index in [0.717, 1.165) is 67.4 Å². The van der Waals surface area contributed by atoms with Crippen LogP contribution in [-0.4, -0.2) is 43.3 Å². The lowest BCUT2D eigenvalue weighted by Gasteiger charge is -2.29. The summed E-state index contributed by atoms with van der Waals surface area (Å²) in [6.07, 6.45) is 5.76. The topological polar surface area (TPSA) is 62.3 Å². The molecular formula is C27H37N5O. The minimum atomic E-state index is 0.431. The van der Waals surface area contributed by atoms with E-state index >= 15 is 0 Å². The second-order valence-corrected chi connectivity index (χ2v) is 9.23. The molecule has 0 saturated heterocycles. The third kappa shape index (κ3) is 6.14. The number of nitrogens with one attached hydrogen (secondary N) is 2. The number of para-hydroxylation sites is 2. The molecule has 0 unspecified atom stereocenters. The van der Waals surface area contributed by atoms with Gasteiger partial charge in [-0.2, -0.15) is 4.98 Å². The SMILES string of the molecule is CCCOc1ccccc1CNC[C@H]1CC[C@@H](Nc2nc(N(C)C)c3ccccc3n2)CC1. The van der Waals surface area contributed by atoms with Crippen molar-refractivity contribution in [3.63, 3.8) is 0 Å². The Morgan fingerprint density at radius 2 is 1.73 bits per heavy atom. The predicted molar refractivity (Wildman–Crippen MR) is 137 cm³/mol. The zero-order valence-corrected chi connectivity index (χ0v) is 20.2. The number of anilines is 2. The van der Waals surface area contributed by atoms with E-state index in [1.165, 1.54) is 18.4 Å². The van der Waals surface area contributed by atoms with Gasteiger partial charge in [-0.25, -0.2) is 4.98 Å². The monoisotopic (exact) mass is 447 g/mol. The van der Waals surface area contributed by atoms with Gasteiger partial charge in [0.2, 0.25) is 5.95 Å². The highest BCUT2D eigenvalue weighted by atomic mass is 16.5. The molecule has 6 heteroatoms. The minimum absolute atomic E-state index is 0.431. The molecule has 4 rings (SSSR count). The van der Waals surface area contributed by atoms with Gasteiger partial charge in [-0.3, -0.25) is 0 Å². The zero-order valence-electron chi connectivity index (χ0n) is 20.2. The Bertz CT molecular complexity index is 1030. The van der Waals surface area contributed by atoms with Crippen LogP contribution in [0.15, 0.2) is 48.5 Å². The molecule has 0 radical (unpaired) electrons. The summed E-state index contributed by atoms with van der Waals surface area (Å²) in [5.74, 6) is 3.42. The van der Waals surface area contributed by atoms with Crippen LogP contribution in [0.2, 0.25) is 0 Å². The van der Waals surface area contributed by atoms with Gasteiger partial charge in [-0.1, -0.05) is 37.3 Å². The summed E-state index contributed by atoms with van der Waals surface area (Å²) in [5, 5.41) is 8.36. The Labute approximate surface area is 197 Å². The molecule has 0 bridgehead atoms. The van der Waals surface area contributed by atoms with Crippen LogP contribution in [0.25, 0.3) is 10.9 Å². The van der Waals surface area contributed by atoms with Crippen LogP contribution in [0.1, 0.15) is 44.6 Å². The molecule has 1 saturated carbocycles. The van der Waals surface area contributed by atoms with E-state index in [4.69, 9.17) is 14.7 Å². The number of ether oxygens (including phenoxy) is 1. The highest BCUT2D eigenvalue weighted by molar-refractivity contribution is 5.90. The van der Waals surface area contributed by atoms with Crippen LogP contribution >= 0.6 is 0 Å². The maximum atomic E-state index is 5.89. The molecule has 3 aromatic rings. The molecule has 33 heavy (non-hydrogen) atoms. The highest BCUT2D eigenvalue weighted by Crippen LogP contribution is 2.28. The van der Waals surface area contributed by atoms with E-state index in [-0.39, 0.29) is 0 Å². The van der Waals surface area contributed by atoms with Crippen molar-refractivity contribution in [2.24, 2.45) is 5.92 Å². The van der Waals surface area contributed by atoms with Gasteiger partial charge in [0.15, 0.2) is 0 Å². The molecule has 2 aromatic carbocycles. The van der Waals surface area contributed by atoms with Gasteiger partial charge in [0.05, 0.1) is 12.1 Å². The fraction of sp³-hybridized carbons (Fsp3) is 0.481. The fourth-order valence-corrected chi connectivity index (χ4v) is 4.57. The standard InChI is InChI=1S/C27H37N5O/c1-4-17-33-25-12-8-5-9-21(25)19-28-18-20-13-15-22(16-14-20)29-27-30-24-11-7-6-10-23(24)26(31-27)32(2)3/h5-12,20,22,28H,4,13-19H2,1-3H3,(H,29,30,31)/t20-,22+. The van der Waals surface area contributed by atoms with Crippen LogP contribution in [-0.2, 0) is 6.54 Å². The predicted octanol–water partition coefficient (Wildman–Crippen LogP) is 5.25. The minimum Gasteiger partial charge on any atom is -0.493 e. The second-order valence-electron chi connectivity index (χ2n) is 9.23. The van der Waals surface area contributed by atoms with Crippen LogP contribution in [0.3, 0.4) is 0 Å². The van der Waals surface area contributed by atoms with E-state index in [2.05, 4.69) is 52.8 Å². The quantitative estimate of drug-likeness (QED) is 0.443. The number of rotatable bonds is 10. The summed E-state index contributed by atoms with van der Waals surface area (Å²) in [4.78, 5) is 11.6. The third-order valence-corrected chi connectivity index (χ3v) is 6.37. The van der Waals surface area contributed by atoms with Crippen LogP contribution in [0, 0.1) is 5.92 Å².